The third-order valence-electron chi connectivity index (χ3n) is 4.85. The number of nitrogens with one attached hydrogen (secondary N) is 1. The Morgan fingerprint density at radius 2 is 1.69 bits per heavy atom. The lowest BCUT2D eigenvalue weighted by Gasteiger charge is -2.15. The number of nitrogens with zero attached hydrogens (tertiary/aromatic N) is 1. The average molecular weight is 413 g/mol. The summed E-state index contributed by atoms with van der Waals surface area (Å²) in [6.07, 6.45) is 0. The van der Waals surface area contributed by atoms with Crippen LogP contribution in [0, 0.1) is 6.92 Å². The van der Waals surface area contributed by atoms with Gasteiger partial charge in [-0.1, -0.05) is 54.9 Å². The summed E-state index contributed by atoms with van der Waals surface area (Å²) in [6, 6.07) is 15.1. The highest BCUT2D eigenvalue weighted by molar-refractivity contribution is 6.30. The Kier molecular flexibility index (Phi) is 6.60. The van der Waals surface area contributed by atoms with E-state index in [1.54, 1.807) is 31.2 Å². The van der Waals surface area contributed by atoms with E-state index in [-0.39, 0.29) is 24.2 Å². The molecule has 1 heterocycles. The van der Waals surface area contributed by atoms with Gasteiger partial charge in [-0.2, -0.15) is 0 Å². The lowest BCUT2D eigenvalue weighted by molar-refractivity contribution is 0.0928. The fourth-order valence-electron chi connectivity index (χ4n) is 2.94. The van der Waals surface area contributed by atoms with Gasteiger partial charge in [0.2, 0.25) is 0 Å². The van der Waals surface area contributed by atoms with Crippen molar-refractivity contribution in [3.8, 4) is 5.75 Å². The Morgan fingerprint density at radius 1 is 1.07 bits per heavy atom. The average Bonchev–Trinajstić information content (AvgIpc) is 3.08. The molecule has 5 nitrogen and oxygen atoms in total. The molecule has 0 spiro atoms. The maximum absolute atomic E-state index is 12.8. The summed E-state index contributed by atoms with van der Waals surface area (Å²) in [5.41, 5.74) is 3.16. The smallest absolute Gasteiger partial charge is 0.274 e. The molecule has 0 radical (unpaired) electrons. The van der Waals surface area contributed by atoms with E-state index < -0.39 is 0 Å². The molecule has 0 fully saturated rings. The number of hydrogen-bond donors (Lipinski definition) is 1. The van der Waals surface area contributed by atoms with Crippen molar-refractivity contribution in [1.29, 1.82) is 0 Å². The van der Waals surface area contributed by atoms with E-state index in [2.05, 4.69) is 36.5 Å². The van der Waals surface area contributed by atoms with Crippen LogP contribution in [-0.4, -0.2) is 11.1 Å². The van der Waals surface area contributed by atoms with Crippen LogP contribution in [-0.2, 0) is 6.61 Å². The third kappa shape index (κ3) is 5.18. The number of amides is 1. The Bertz CT molecular complexity index is 963. The molecule has 2 aromatic carbocycles. The van der Waals surface area contributed by atoms with Crippen LogP contribution in [0.25, 0.3) is 0 Å². The van der Waals surface area contributed by atoms with Crippen molar-refractivity contribution in [2.24, 2.45) is 0 Å². The molecule has 0 bridgehead atoms. The van der Waals surface area contributed by atoms with Crippen LogP contribution in [0.5, 0.6) is 5.75 Å². The van der Waals surface area contributed by atoms with Crippen LogP contribution in [0.3, 0.4) is 0 Å². The quantitative estimate of drug-likeness (QED) is 0.530. The number of carbonyl (C=O) groups is 1. The Labute approximate surface area is 176 Å². The van der Waals surface area contributed by atoms with Gasteiger partial charge in [0.05, 0.1) is 11.6 Å². The van der Waals surface area contributed by atoms with Gasteiger partial charge in [0, 0.05) is 5.02 Å². The Hall–Kier alpha value is -2.79. The van der Waals surface area contributed by atoms with Gasteiger partial charge in [0.1, 0.15) is 18.1 Å². The molecule has 3 aromatic rings. The van der Waals surface area contributed by atoms with Crippen LogP contribution >= 0.6 is 11.6 Å². The zero-order chi connectivity index (χ0) is 21.0. The Balaban J connectivity index is 1.68. The highest BCUT2D eigenvalue weighted by atomic mass is 35.5. The first kappa shape index (κ1) is 20.9. The molecular weight excluding hydrogens is 388 g/mol. The highest BCUT2D eigenvalue weighted by Crippen LogP contribution is 2.22. The molecule has 1 amide bonds. The van der Waals surface area contributed by atoms with Crippen LogP contribution in [0.1, 0.15) is 65.7 Å². The molecule has 29 heavy (non-hydrogen) atoms. The number of aromatic nitrogens is 1. The standard InChI is InChI=1S/C23H25ClN2O3/c1-14(2)17-5-7-18(8-6-17)15(3)25-23(27)22-21(16(4)29-26-22)13-28-20-11-9-19(24)10-12-20/h5-12,14-15H,13H2,1-4H3,(H,25,27). The van der Waals surface area contributed by atoms with Gasteiger partial charge in [-0.3, -0.25) is 4.79 Å². The SMILES string of the molecule is Cc1onc(C(=O)NC(C)c2ccc(C(C)C)cc2)c1COc1ccc(Cl)cc1. The summed E-state index contributed by atoms with van der Waals surface area (Å²) >= 11 is 5.89. The van der Waals surface area contributed by atoms with Crippen LogP contribution in [0.2, 0.25) is 5.02 Å². The fourth-order valence-corrected chi connectivity index (χ4v) is 3.07. The first-order valence-electron chi connectivity index (χ1n) is 9.59. The lowest BCUT2D eigenvalue weighted by atomic mass is 9.99. The van der Waals surface area contributed by atoms with E-state index in [4.69, 9.17) is 20.9 Å². The predicted octanol–water partition coefficient (Wildman–Crippen LogP) is 5.83. The number of benzene rings is 2. The highest BCUT2D eigenvalue weighted by Gasteiger charge is 2.22. The van der Waals surface area contributed by atoms with E-state index in [1.165, 1.54) is 5.56 Å². The Morgan fingerprint density at radius 3 is 2.31 bits per heavy atom. The molecule has 1 unspecified atom stereocenters. The van der Waals surface area contributed by atoms with Crippen molar-refractivity contribution in [2.45, 2.75) is 46.3 Å². The van der Waals surface area contributed by atoms with E-state index >= 15 is 0 Å². The van der Waals surface area contributed by atoms with Crippen molar-refractivity contribution >= 4 is 17.5 Å². The third-order valence-corrected chi connectivity index (χ3v) is 5.10. The molecule has 3 rings (SSSR count). The fraction of sp³-hybridized carbons (Fsp3) is 0.304. The summed E-state index contributed by atoms with van der Waals surface area (Å²) < 4.78 is 11.0. The van der Waals surface area contributed by atoms with Gasteiger partial charge in [-0.05, 0) is 55.2 Å². The molecule has 0 aliphatic rings. The molecule has 6 heteroatoms. The molecule has 152 valence electrons. The first-order chi connectivity index (χ1) is 13.8. The summed E-state index contributed by atoms with van der Waals surface area (Å²) in [6.45, 7) is 8.19. The summed E-state index contributed by atoms with van der Waals surface area (Å²) in [4.78, 5) is 12.8. The van der Waals surface area contributed by atoms with E-state index in [9.17, 15) is 4.79 Å². The minimum atomic E-state index is -0.294. The lowest BCUT2D eigenvalue weighted by Crippen LogP contribution is -2.28. The normalized spacial score (nSPS) is 12.1. The minimum absolute atomic E-state index is 0.161. The van der Waals surface area contributed by atoms with Crippen molar-refractivity contribution in [3.05, 3.63) is 81.7 Å². The predicted molar refractivity (Wildman–Crippen MR) is 113 cm³/mol. The monoisotopic (exact) mass is 412 g/mol. The van der Waals surface area contributed by atoms with Crippen molar-refractivity contribution in [2.75, 3.05) is 0 Å². The zero-order valence-electron chi connectivity index (χ0n) is 17.0. The van der Waals surface area contributed by atoms with Crippen LogP contribution in [0.15, 0.2) is 53.1 Å². The maximum atomic E-state index is 12.8. The molecule has 0 aliphatic carbocycles. The molecule has 0 saturated carbocycles. The molecule has 1 aromatic heterocycles. The number of rotatable bonds is 7. The topological polar surface area (TPSA) is 64.4 Å². The van der Waals surface area contributed by atoms with E-state index in [1.807, 2.05) is 19.1 Å². The molecule has 1 atom stereocenters. The second kappa shape index (κ2) is 9.14. The largest absolute Gasteiger partial charge is 0.489 e. The number of carbonyl (C=O) groups excluding carboxylic acids is 1. The molecule has 1 N–H and O–H groups in total. The van der Waals surface area contributed by atoms with Gasteiger partial charge < -0.3 is 14.6 Å². The van der Waals surface area contributed by atoms with Gasteiger partial charge in [0.15, 0.2) is 5.69 Å². The number of ether oxygens (including phenoxy) is 1. The second-order valence-electron chi connectivity index (χ2n) is 7.33. The molecule has 0 saturated heterocycles. The summed E-state index contributed by atoms with van der Waals surface area (Å²) in [5.74, 6) is 1.38. The van der Waals surface area contributed by atoms with Crippen molar-refractivity contribution in [1.82, 2.24) is 10.5 Å². The minimum Gasteiger partial charge on any atom is -0.489 e. The van der Waals surface area contributed by atoms with Gasteiger partial charge in [-0.15, -0.1) is 0 Å². The molecule has 0 aliphatic heterocycles. The van der Waals surface area contributed by atoms with Gasteiger partial charge in [0.25, 0.3) is 5.91 Å². The maximum Gasteiger partial charge on any atom is 0.274 e. The summed E-state index contributed by atoms with van der Waals surface area (Å²) in [5, 5.41) is 7.56. The van der Waals surface area contributed by atoms with Crippen LogP contribution in [0.4, 0.5) is 0 Å². The first-order valence-corrected chi connectivity index (χ1v) is 9.97. The zero-order valence-corrected chi connectivity index (χ0v) is 17.8. The van der Waals surface area contributed by atoms with E-state index in [0.29, 0.717) is 28.0 Å². The molecular formula is C23H25ClN2O3. The second-order valence-corrected chi connectivity index (χ2v) is 7.76. The van der Waals surface area contributed by atoms with E-state index in [0.717, 1.165) is 5.56 Å². The van der Waals surface area contributed by atoms with Gasteiger partial charge in [-0.25, -0.2) is 0 Å². The number of hydrogen-bond acceptors (Lipinski definition) is 4. The number of aryl methyl sites for hydroxylation is 1. The van der Waals surface area contributed by atoms with Crippen molar-refractivity contribution in [3.63, 3.8) is 0 Å². The van der Waals surface area contributed by atoms with Crippen LogP contribution < -0.4 is 10.1 Å². The van der Waals surface area contributed by atoms with Gasteiger partial charge >= 0.3 is 0 Å². The number of halogens is 1. The summed E-state index contributed by atoms with van der Waals surface area (Å²) in [7, 11) is 0. The van der Waals surface area contributed by atoms with Crippen molar-refractivity contribution < 1.29 is 14.1 Å².